The van der Waals surface area contributed by atoms with Crippen molar-refractivity contribution in [1.29, 1.82) is 0 Å². The van der Waals surface area contributed by atoms with E-state index in [1.165, 1.54) is 11.3 Å². The van der Waals surface area contributed by atoms with Crippen molar-refractivity contribution in [3.63, 3.8) is 0 Å². The summed E-state index contributed by atoms with van der Waals surface area (Å²) in [5, 5.41) is 2.46. The van der Waals surface area contributed by atoms with E-state index in [1.807, 2.05) is 5.38 Å². The molecule has 0 bridgehead atoms. The van der Waals surface area contributed by atoms with E-state index in [0.29, 0.717) is 38.2 Å². The summed E-state index contributed by atoms with van der Waals surface area (Å²) in [7, 11) is 1.65. The third-order valence-electron chi connectivity index (χ3n) is 1.62. The molecule has 15 heavy (non-hydrogen) atoms. The van der Waals surface area contributed by atoms with Gasteiger partial charge in [0, 0.05) is 12.5 Å². The number of hydrogen-bond donors (Lipinski definition) is 1. The number of nitrogens with zero attached hydrogens (tertiary/aromatic N) is 1. The Labute approximate surface area is 93.2 Å². The van der Waals surface area contributed by atoms with Crippen LogP contribution in [0.5, 0.6) is 0 Å². The van der Waals surface area contributed by atoms with E-state index in [0.717, 1.165) is 5.69 Å². The van der Waals surface area contributed by atoms with Crippen molar-refractivity contribution < 1.29 is 14.2 Å². The van der Waals surface area contributed by atoms with E-state index in [9.17, 15) is 0 Å². The number of aromatic nitrogens is 1. The van der Waals surface area contributed by atoms with Crippen molar-refractivity contribution in [2.24, 2.45) is 0 Å². The molecule has 0 aliphatic carbocycles. The lowest BCUT2D eigenvalue weighted by Gasteiger charge is -2.03. The highest BCUT2D eigenvalue weighted by molar-refractivity contribution is 7.13. The third-order valence-corrected chi connectivity index (χ3v) is 2.35. The van der Waals surface area contributed by atoms with Crippen LogP contribution in [0.15, 0.2) is 5.38 Å². The van der Waals surface area contributed by atoms with Crippen LogP contribution in [0.2, 0.25) is 0 Å². The fourth-order valence-corrected chi connectivity index (χ4v) is 1.48. The van der Waals surface area contributed by atoms with Gasteiger partial charge in [-0.2, -0.15) is 0 Å². The molecule has 0 aromatic carbocycles. The fraction of sp³-hybridized carbons (Fsp3) is 0.667. The number of methoxy groups -OCH3 is 1. The number of thiazole rings is 1. The Bertz CT molecular complexity index is 268. The minimum absolute atomic E-state index is 0.487. The summed E-state index contributed by atoms with van der Waals surface area (Å²) in [6, 6.07) is 0. The zero-order chi connectivity index (χ0) is 10.9. The summed E-state index contributed by atoms with van der Waals surface area (Å²) in [6.07, 6.45) is 0. The molecule has 0 aliphatic rings. The number of nitrogen functional groups attached to an aromatic ring is 1. The maximum absolute atomic E-state index is 5.48. The van der Waals surface area contributed by atoms with Crippen LogP contribution in [-0.4, -0.2) is 38.5 Å². The summed E-state index contributed by atoms with van der Waals surface area (Å²) in [5.41, 5.74) is 6.35. The normalized spacial score (nSPS) is 10.7. The molecule has 1 aromatic rings. The molecule has 0 aliphatic heterocycles. The van der Waals surface area contributed by atoms with E-state index >= 15 is 0 Å². The quantitative estimate of drug-likeness (QED) is 0.675. The zero-order valence-corrected chi connectivity index (χ0v) is 9.59. The predicted octanol–water partition coefficient (Wildman–Crippen LogP) is 0.905. The molecular weight excluding hydrogens is 216 g/mol. The third kappa shape index (κ3) is 5.68. The molecular formula is C9H16N2O3S. The van der Waals surface area contributed by atoms with Gasteiger partial charge in [-0.1, -0.05) is 0 Å². The van der Waals surface area contributed by atoms with Crippen molar-refractivity contribution >= 4 is 16.5 Å². The van der Waals surface area contributed by atoms with Gasteiger partial charge in [0.1, 0.15) is 0 Å². The van der Waals surface area contributed by atoms with E-state index in [2.05, 4.69) is 4.98 Å². The lowest BCUT2D eigenvalue weighted by molar-refractivity contribution is 0.0193. The molecule has 6 heteroatoms. The topological polar surface area (TPSA) is 66.6 Å². The van der Waals surface area contributed by atoms with E-state index < -0.39 is 0 Å². The molecule has 0 radical (unpaired) electrons. The molecule has 2 N–H and O–H groups in total. The van der Waals surface area contributed by atoms with Crippen LogP contribution < -0.4 is 5.73 Å². The first-order valence-electron chi connectivity index (χ1n) is 4.67. The zero-order valence-electron chi connectivity index (χ0n) is 8.77. The van der Waals surface area contributed by atoms with Crippen LogP contribution in [0.4, 0.5) is 5.13 Å². The van der Waals surface area contributed by atoms with Gasteiger partial charge in [-0.25, -0.2) is 4.98 Å². The second-order valence-corrected chi connectivity index (χ2v) is 3.72. The van der Waals surface area contributed by atoms with E-state index in [1.54, 1.807) is 7.11 Å². The van der Waals surface area contributed by atoms with Crippen LogP contribution >= 0.6 is 11.3 Å². The maximum atomic E-state index is 5.48. The second kappa shape index (κ2) is 7.58. The minimum atomic E-state index is 0.487. The van der Waals surface area contributed by atoms with Gasteiger partial charge in [-0.15, -0.1) is 11.3 Å². The predicted molar refractivity (Wildman–Crippen MR) is 58.9 cm³/mol. The molecule has 1 aromatic heterocycles. The number of rotatable bonds is 8. The molecule has 0 fully saturated rings. The smallest absolute Gasteiger partial charge is 0.180 e. The molecule has 0 saturated heterocycles. The summed E-state index contributed by atoms with van der Waals surface area (Å²) in [4.78, 5) is 4.07. The summed E-state index contributed by atoms with van der Waals surface area (Å²) in [5.74, 6) is 0. The van der Waals surface area contributed by atoms with Crippen molar-refractivity contribution in [3.8, 4) is 0 Å². The van der Waals surface area contributed by atoms with Crippen LogP contribution in [0.25, 0.3) is 0 Å². The monoisotopic (exact) mass is 232 g/mol. The van der Waals surface area contributed by atoms with Gasteiger partial charge in [0.05, 0.1) is 38.7 Å². The van der Waals surface area contributed by atoms with Gasteiger partial charge in [0.2, 0.25) is 0 Å². The average Bonchev–Trinajstić information content (AvgIpc) is 2.63. The van der Waals surface area contributed by atoms with Gasteiger partial charge in [0.25, 0.3) is 0 Å². The van der Waals surface area contributed by atoms with E-state index in [4.69, 9.17) is 19.9 Å². The van der Waals surface area contributed by atoms with Gasteiger partial charge in [0.15, 0.2) is 5.13 Å². The Morgan fingerprint density at radius 1 is 1.27 bits per heavy atom. The SMILES string of the molecule is COCCOCCOCc1csc(N)n1. The first kappa shape index (κ1) is 12.4. The van der Waals surface area contributed by atoms with Crippen LogP contribution in [0, 0.1) is 0 Å². The first-order valence-corrected chi connectivity index (χ1v) is 5.55. The number of hydrogen-bond acceptors (Lipinski definition) is 6. The molecule has 0 saturated carbocycles. The summed E-state index contributed by atoms with van der Waals surface area (Å²) >= 11 is 1.42. The van der Waals surface area contributed by atoms with Crippen molar-refractivity contribution in [2.75, 3.05) is 39.3 Å². The molecule has 1 rings (SSSR count). The standard InChI is InChI=1S/C9H16N2O3S/c1-12-2-3-13-4-5-14-6-8-7-15-9(10)11-8/h7H,2-6H2,1H3,(H2,10,11). The number of ether oxygens (including phenoxy) is 3. The van der Waals surface area contributed by atoms with Gasteiger partial charge in [-0.05, 0) is 0 Å². The Morgan fingerprint density at radius 3 is 2.67 bits per heavy atom. The van der Waals surface area contributed by atoms with Crippen molar-refractivity contribution in [1.82, 2.24) is 4.98 Å². The summed E-state index contributed by atoms with van der Waals surface area (Å²) < 4.78 is 15.4. The highest BCUT2D eigenvalue weighted by Gasteiger charge is 1.98. The molecule has 0 spiro atoms. The molecule has 5 nitrogen and oxygen atoms in total. The summed E-state index contributed by atoms with van der Waals surface area (Å²) in [6.45, 7) is 2.83. The second-order valence-electron chi connectivity index (χ2n) is 2.83. The van der Waals surface area contributed by atoms with Crippen LogP contribution in [-0.2, 0) is 20.8 Å². The van der Waals surface area contributed by atoms with Gasteiger partial charge >= 0.3 is 0 Å². The highest BCUT2D eigenvalue weighted by Crippen LogP contribution is 2.11. The fourth-order valence-electron chi connectivity index (χ4n) is 0.928. The molecule has 0 unspecified atom stereocenters. The van der Waals surface area contributed by atoms with Gasteiger partial charge in [-0.3, -0.25) is 0 Å². The van der Waals surface area contributed by atoms with Crippen LogP contribution in [0.3, 0.4) is 0 Å². The maximum Gasteiger partial charge on any atom is 0.180 e. The minimum Gasteiger partial charge on any atom is -0.382 e. The van der Waals surface area contributed by atoms with Crippen molar-refractivity contribution in [2.45, 2.75) is 6.61 Å². The Kier molecular flexibility index (Phi) is 6.26. The molecule has 1 heterocycles. The van der Waals surface area contributed by atoms with Crippen molar-refractivity contribution in [3.05, 3.63) is 11.1 Å². The Balaban J connectivity index is 1.93. The Morgan fingerprint density at radius 2 is 2.00 bits per heavy atom. The number of anilines is 1. The molecule has 0 amide bonds. The number of nitrogens with two attached hydrogens (primary N) is 1. The Hall–Kier alpha value is -0.690. The lowest BCUT2D eigenvalue weighted by atomic mass is 10.5. The molecule has 86 valence electrons. The van der Waals surface area contributed by atoms with E-state index in [-0.39, 0.29) is 0 Å². The highest BCUT2D eigenvalue weighted by atomic mass is 32.1. The average molecular weight is 232 g/mol. The largest absolute Gasteiger partial charge is 0.382 e. The van der Waals surface area contributed by atoms with Gasteiger partial charge < -0.3 is 19.9 Å². The molecule has 0 atom stereocenters. The first-order chi connectivity index (χ1) is 7.33. The lowest BCUT2D eigenvalue weighted by Crippen LogP contribution is -2.08. The van der Waals surface area contributed by atoms with Crippen LogP contribution in [0.1, 0.15) is 5.69 Å².